The van der Waals surface area contributed by atoms with Gasteiger partial charge in [-0.05, 0) is 38.7 Å². The molecule has 1 saturated carbocycles. The third-order valence-electron chi connectivity index (χ3n) is 6.75. The molecule has 1 aliphatic carbocycles. The fourth-order valence-corrected chi connectivity index (χ4v) is 4.87. The van der Waals surface area contributed by atoms with E-state index in [1.54, 1.807) is 12.4 Å². The summed E-state index contributed by atoms with van der Waals surface area (Å²) in [5.74, 6) is 1.01. The van der Waals surface area contributed by atoms with Crippen LogP contribution in [0.1, 0.15) is 51.9 Å². The Morgan fingerprint density at radius 2 is 1.55 bits per heavy atom. The van der Waals surface area contributed by atoms with Crippen molar-refractivity contribution in [2.75, 3.05) is 44.2 Å². The Hall–Kier alpha value is -1.73. The normalized spacial score (nSPS) is 23.9. The highest BCUT2D eigenvalue weighted by Crippen LogP contribution is 2.25. The summed E-state index contributed by atoms with van der Waals surface area (Å²) >= 11 is 0. The molecule has 0 spiro atoms. The number of ether oxygens (including phenoxy) is 1. The molecular weight excluding hydrogens is 366 g/mol. The number of likely N-dealkylation sites (tertiary alicyclic amines) is 1. The number of aromatic nitrogens is 2. The molecule has 160 valence electrons. The quantitative estimate of drug-likeness (QED) is 0.755. The van der Waals surface area contributed by atoms with E-state index in [1.165, 1.54) is 32.1 Å². The third-order valence-corrected chi connectivity index (χ3v) is 6.75. The maximum atomic E-state index is 13.0. The predicted octanol–water partition coefficient (Wildman–Crippen LogP) is 2.33. The number of anilines is 1. The largest absolute Gasteiger partial charge is 0.375 e. The van der Waals surface area contributed by atoms with Crippen LogP contribution in [0.3, 0.4) is 0 Å². The Morgan fingerprint density at radius 1 is 0.931 bits per heavy atom. The van der Waals surface area contributed by atoms with Crippen LogP contribution in [-0.4, -0.2) is 83.2 Å². The van der Waals surface area contributed by atoms with Gasteiger partial charge in [-0.1, -0.05) is 19.3 Å². The molecule has 3 heterocycles. The minimum absolute atomic E-state index is 0.0508. The van der Waals surface area contributed by atoms with E-state index < -0.39 is 0 Å². The Kier molecular flexibility index (Phi) is 6.98. The molecule has 4 rings (SSSR count). The maximum absolute atomic E-state index is 13.0. The van der Waals surface area contributed by atoms with Gasteiger partial charge in [0.2, 0.25) is 11.9 Å². The number of rotatable bonds is 5. The van der Waals surface area contributed by atoms with Crippen LogP contribution in [0.5, 0.6) is 0 Å². The summed E-state index contributed by atoms with van der Waals surface area (Å²) in [5, 5.41) is 0. The highest BCUT2D eigenvalue weighted by molar-refractivity contribution is 5.81. The highest BCUT2D eigenvalue weighted by atomic mass is 16.5. The SMILES string of the molecule is CC(C(=O)N1CCN(c2ncccn2)CC1)N1CCC(OC2CCCCC2)CC1. The predicted molar refractivity (Wildman–Crippen MR) is 113 cm³/mol. The van der Waals surface area contributed by atoms with E-state index >= 15 is 0 Å². The summed E-state index contributed by atoms with van der Waals surface area (Å²) in [7, 11) is 0. The molecule has 7 nitrogen and oxygen atoms in total. The Balaban J connectivity index is 1.21. The van der Waals surface area contributed by atoms with Crippen molar-refractivity contribution in [2.24, 2.45) is 0 Å². The number of carbonyl (C=O) groups excluding carboxylic acids is 1. The number of amides is 1. The zero-order valence-electron chi connectivity index (χ0n) is 17.7. The fourth-order valence-electron chi connectivity index (χ4n) is 4.87. The number of piperidine rings is 1. The number of nitrogens with zero attached hydrogens (tertiary/aromatic N) is 5. The lowest BCUT2D eigenvalue weighted by Crippen LogP contribution is -2.55. The van der Waals surface area contributed by atoms with Crippen LogP contribution in [0.2, 0.25) is 0 Å². The Bertz CT molecular complexity index is 636. The summed E-state index contributed by atoms with van der Waals surface area (Å²) in [4.78, 5) is 28.2. The van der Waals surface area contributed by atoms with Crippen LogP contribution >= 0.6 is 0 Å². The van der Waals surface area contributed by atoms with Crippen molar-refractivity contribution in [1.82, 2.24) is 19.8 Å². The first-order valence-corrected chi connectivity index (χ1v) is 11.4. The van der Waals surface area contributed by atoms with Gasteiger partial charge in [-0.3, -0.25) is 9.69 Å². The van der Waals surface area contributed by atoms with E-state index in [0.717, 1.165) is 58.1 Å². The van der Waals surface area contributed by atoms with Gasteiger partial charge in [0.05, 0.1) is 18.2 Å². The molecule has 2 saturated heterocycles. The molecule has 0 bridgehead atoms. The molecule has 1 atom stereocenters. The van der Waals surface area contributed by atoms with Crippen LogP contribution < -0.4 is 4.90 Å². The molecule has 1 aromatic rings. The standard InChI is InChI=1S/C22H35N5O2/c1-18(25-12-8-20(9-13-25)29-19-6-3-2-4-7-19)21(28)26-14-16-27(17-15-26)22-23-10-5-11-24-22/h5,10-11,18-20H,2-4,6-9,12-17H2,1H3. The van der Waals surface area contributed by atoms with Crippen LogP contribution in [0.4, 0.5) is 5.95 Å². The van der Waals surface area contributed by atoms with Crippen molar-refractivity contribution in [3.63, 3.8) is 0 Å². The number of hydrogen-bond donors (Lipinski definition) is 0. The lowest BCUT2D eigenvalue weighted by atomic mass is 9.97. The zero-order valence-corrected chi connectivity index (χ0v) is 17.7. The summed E-state index contributed by atoms with van der Waals surface area (Å²) < 4.78 is 6.35. The van der Waals surface area contributed by atoms with Gasteiger partial charge in [0.15, 0.2) is 0 Å². The second-order valence-electron chi connectivity index (χ2n) is 8.67. The topological polar surface area (TPSA) is 61.8 Å². The number of piperazine rings is 1. The molecule has 1 amide bonds. The molecular formula is C22H35N5O2. The van der Waals surface area contributed by atoms with E-state index in [0.29, 0.717) is 12.2 Å². The van der Waals surface area contributed by atoms with E-state index in [4.69, 9.17) is 4.74 Å². The van der Waals surface area contributed by atoms with Crippen molar-refractivity contribution in [3.8, 4) is 0 Å². The van der Waals surface area contributed by atoms with Gasteiger partial charge >= 0.3 is 0 Å². The molecule has 1 unspecified atom stereocenters. The Morgan fingerprint density at radius 3 is 2.21 bits per heavy atom. The van der Waals surface area contributed by atoms with Crippen LogP contribution in [0.15, 0.2) is 18.5 Å². The van der Waals surface area contributed by atoms with Gasteiger partial charge in [0.25, 0.3) is 0 Å². The van der Waals surface area contributed by atoms with Crippen molar-refractivity contribution in [2.45, 2.75) is 70.1 Å². The molecule has 3 aliphatic rings. The average molecular weight is 402 g/mol. The van der Waals surface area contributed by atoms with E-state index in [9.17, 15) is 4.79 Å². The van der Waals surface area contributed by atoms with Gasteiger partial charge < -0.3 is 14.5 Å². The summed E-state index contributed by atoms with van der Waals surface area (Å²) in [5.41, 5.74) is 0. The highest BCUT2D eigenvalue weighted by Gasteiger charge is 2.32. The van der Waals surface area contributed by atoms with E-state index in [2.05, 4.69) is 26.7 Å². The van der Waals surface area contributed by atoms with Crippen LogP contribution in [0.25, 0.3) is 0 Å². The molecule has 29 heavy (non-hydrogen) atoms. The third kappa shape index (κ3) is 5.25. The van der Waals surface area contributed by atoms with Gasteiger partial charge in [-0.2, -0.15) is 0 Å². The molecule has 0 radical (unpaired) electrons. The monoisotopic (exact) mass is 401 g/mol. The first kappa shape index (κ1) is 20.5. The molecule has 3 fully saturated rings. The minimum atomic E-state index is -0.0508. The van der Waals surface area contributed by atoms with Gasteiger partial charge in [-0.25, -0.2) is 9.97 Å². The summed E-state index contributed by atoms with van der Waals surface area (Å²) in [6.07, 6.45) is 13.0. The van der Waals surface area contributed by atoms with Crippen molar-refractivity contribution in [1.29, 1.82) is 0 Å². The molecule has 2 aliphatic heterocycles. The van der Waals surface area contributed by atoms with Crippen LogP contribution in [0, 0.1) is 0 Å². The van der Waals surface area contributed by atoms with Gasteiger partial charge in [-0.15, -0.1) is 0 Å². The van der Waals surface area contributed by atoms with E-state index in [1.807, 2.05) is 11.0 Å². The van der Waals surface area contributed by atoms with Crippen LogP contribution in [-0.2, 0) is 9.53 Å². The maximum Gasteiger partial charge on any atom is 0.239 e. The lowest BCUT2D eigenvalue weighted by molar-refractivity contribution is -0.138. The van der Waals surface area contributed by atoms with E-state index in [-0.39, 0.29) is 11.9 Å². The lowest BCUT2D eigenvalue weighted by Gasteiger charge is -2.40. The zero-order chi connectivity index (χ0) is 20.1. The Labute approximate surface area is 174 Å². The second kappa shape index (κ2) is 9.85. The minimum Gasteiger partial charge on any atom is -0.375 e. The smallest absolute Gasteiger partial charge is 0.239 e. The van der Waals surface area contributed by atoms with Crippen molar-refractivity contribution >= 4 is 11.9 Å². The molecule has 7 heteroatoms. The second-order valence-corrected chi connectivity index (χ2v) is 8.67. The van der Waals surface area contributed by atoms with Gasteiger partial charge in [0.1, 0.15) is 0 Å². The first-order chi connectivity index (χ1) is 14.2. The number of carbonyl (C=O) groups is 1. The summed E-state index contributed by atoms with van der Waals surface area (Å²) in [6.45, 7) is 7.05. The van der Waals surface area contributed by atoms with Crippen molar-refractivity contribution < 1.29 is 9.53 Å². The average Bonchev–Trinajstić information content (AvgIpc) is 2.80. The summed E-state index contributed by atoms with van der Waals surface area (Å²) in [6, 6.07) is 1.78. The van der Waals surface area contributed by atoms with Gasteiger partial charge in [0, 0.05) is 51.7 Å². The molecule has 0 N–H and O–H groups in total. The molecule has 0 aromatic carbocycles. The number of hydrogen-bond acceptors (Lipinski definition) is 6. The molecule has 1 aromatic heterocycles. The van der Waals surface area contributed by atoms with Crippen molar-refractivity contribution in [3.05, 3.63) is 18.5 Å². The first-order valence-electron chi connectivity index (χ1n) is 11.4. The fraction of sp³-hybridized carbons (Fsp3) is 0.773.